The molecule has 2 aromatic carbocycles. The van der Waals surface area contributed by atoms with Gasteiger partial charge in [-0.1, -0.05) is 48.5 Å². The Labute approximate surface area is 133 Å². The van der Waals surface area contributed by atoms with Crippen LogP contribution in [0, 0.1) is 0 Å². The van der Waals surface area contributed by atoms with Crippen molar-refractivity contribution in [2.24, 2.45) is 7.05 Å². The van der Waals surface area contributed by atoms with Gasteiger partial charge in [0.25, 0.3) is 0 Å². The molecule has 0 atom stereocenters. The van der Waals surface area contributed by atoms with Gasteiger partial charge in [-0.05, 0) is 17.2 Å². The second-order valence-electron chi connectivity index (χ2n) is 5.48. The van der Waals surface area contributed by atoms with E-state index in [1.54, 1.807) is 4.52 Å². The normalized spacial score (nSPS) is 11.2. The van der Waals surface area contributed by atoms with Gasteiger partial charge in [-0.2, -0.15) is 4.98 Å². The number of aryl methyl sites for hydroxylation is 1. The van der Waals surface area contributed by atoms with Crippen LogP contribution in [0.25, 0.3) is 28.4 Å². The van der Waals surface area contributed by atoms with E-state index < -0.39 is 0 Å². The lowest BCUT2D eigenvalue weighted by Gasteiger charge is -2.02. The fourth-order valence-corrected chi connectivity index (χ4v) is 2.75. The van der Waals surface area contributed by atoms with Crippen molar-refractivity contribution in [1.29, 1.82) is 0 Å². The van der Waals surface area contributed by atoms with Crippen LogP contribution in [0.4, 0.5) is 0 Å². The van der Waals surface area contributed by atoms with Crippen molar-refractivity contribution in [2.75, 3.05) is 0 Å². The molecule has 0 aliphatic rings. The van der Waals surface area contributed by atoms with Gasteiger partial charge in [0.15, 0.2) is 5.82 Å². The minimum atomic E-state index is 0.0133. The second kappa shape index (κ2) is 5.37. The summed E-state index contributed by atoms with van der Waals surface area (Å²) in [5.41, 5.74) is 3.95. The molecule has 4 rings (SSSR count). The number of fused-ring (bicyclic) bond motifs is 1. The van der Waals surface area contributed by atoms with E-state index in [1.807, 2.05) is 60.3 Å². The highest BCUT2D eigenvalue weighted by molar-refractivity contribution is 5.64. The summed E-state index contributed by atoms with van der Waals surface area (Å²) in [6.45, 7) is 0.0133. The van der Waals surface area contributed by atoms with Gasteiger partial charge in [0.1, 0.15) is 0 Å². The van der Waals surface area contributed by atoms with E-state index >= 15 is 0 Å². The first kappa shape index (κ1) is 13.7. The lowest BCUT2D eigenvalue weighted by atomic mass is 10.1. The lowest BCUT2D eigenvalue weighted by Crippen LogP contribution is -1.92. The fraction of sp³-hybridized carbons (Fsp3) is 0.111. The molecule has 0 amide bonds. The zero-order valence-corrected chi connectivity index (χ0v) is 12.7. The first-order chi connectivity index (χ1) is 11.3. The first-order valence-corrected chi connectivity index (χ1v) is 7.44. The van der Waals surface area contributed by atoms with E-state index in [9.17, 15) is 5.11 Å². The average molecular weight is 304 g/mol. The van der Waals surface area contributed by atoms with Crippen LogP contribution in [0.2, 0.25) is 0 Å². The number of aliphatic hydroxyl groups excluding tert-OH is 1. The Morgan fingerprint density at radius 3 is 2.52 bits per heavy atom. The van der Waals surface area contributed by atoms with Crippen LogP contribution in [0.3, 0.4) is 0 Å². The molecule has 0 spiro atoms. The van der Waals surface area contributed by atoms with Gasteiger partial charge in [-0.15, -0.1) is 5.10 Å². The standard InChI is InChI=1S/C18H16N4O/c1-21-16(14-7-3-2-4-8-14)11-22-18(21)19-17(20-22)15-9-5-6-13(10-15)12-23/h2-11,23H,12H2,1H3. The monoisotopic (exact) mass is 304 g/mol. The first-order valence-electron chi connectivity index (χ1n) is 7.44. The Bertz CT molecular complexity index is 969. The summed E-state index contributed by atoms with van der Waals surface area (Å²) >= 11 is 0. The molecule has 0 aliphatic heterocycles. The van der Waals surface area contributed by atoms with Gasteiger partial charge >= 0.3 is 0 Å². The number of rotatable bonds is 3. The second-order valence-corrected chi connectivity index (χ2v) is 5.48. The molecule has 5 nitrogen and oxygen atoms in total. The highest BCUT2D eigenvalue weighted by atomic mass is 16.3. The van der Waals surface area contributed by atoms with Gasteiger partial charge in [0, 0.05) is 12.6 Å². The predicted octanol–water partition coefficient (Wildman–Crippen LogP) is 2.89. The Kier molecular flexibility index (Phi) is 3.20. The summed E-state index contributed by atoms with van der Waals surface area (Å²) < 4.78 is 3.82. The molecule has 5 heteroatoms. The van der Waals surface area contributed by atoms with Crippen LogP contribution in [0.15, 0.2) is 60.8 Å². The maximum atomic E-state index is 9.27. The number of aliphatic hydroxyl groups is 1. The molecular formula is C18H16N4O. The zero-order valence-electron chi connectivity index (χ0n) is 12.7. The fourth-order valence-electron chi connectivity index (χ4n) is 2.75. The summed E-state index contributed by atoms with van der Waals surface area (Å²) in [6, 6.07) is 17.8. The van der Waals surface area contributed by atoms with Crippen molar-refractivity contribution in [1.82, 2.24) is 19.2 Å². The van der Waals surface area contributed by atoms with E-state index in [-0.39, 0.29) is 6.61 Å². The molecule has 1 N–H and O–H groups in total. The maximum Gasteiger partial charge on any atom is 0.233 e. The number of imidazole rings is 1. The van der Waals surface area contributed by atoms with E-state index in [4.69, 9.17) is 0 Å². The Morgan fingerprint density at radius 1 is 1.00 bits per heavy atom. The van der Waals surface area contributed by atoms with E-state index in [1.165, 1.54) is 0 Å². The van der Waals surface area contributed by atoms with Crippen molar-refractivity contribution in [3.63, 3.8) is 0 Å². The molecule has 23 heavy (non-hydrogen) atoms. The number of benzene rings is 2. The van der Waals surface area contributed by atoms with Crippen molar-refractivity contribution in [2.45, 2.75) is 6.61 Å². The van der Waals surface area contributed by atoms with Crippen molar-refractivity contribution in [3.8, 4) is 22.6 Å². The van der Waals surface area contributed by atoms with Crippen LogP contribution in [-0.4, -0.2) is 24.3 Å². The largest absolute Gasteiger partial charge is 0.392 e. The number of aromatic nitrogens is 4. The van der Waals surface area contributed by atoms with Gasteiger partial charge in [0.05, 0.1) is 18.5 Å². The molecule has 114 valence electrons. The van der Waals surface area contributed by atoms with Crippen LogP contribution in [-0.2, 0) is 13.7 Å². The number of hydrogen-bond donors (Lipinski definition) is 1. The molecule has 0 bridgehead atoms. The molecule has 2 heterocycles. The highest BCUT2D eigenvalue weighted by Crippen LogP contribution is 2.23. The third kappa shape index (κ3) is 2.31. The summed E-state index contributed by atoms with van der Waals surface area (Å²) in [7, 11) is 1.99. The number of nitrogens with zero attached hydrogens (tertiary/aromatic N) is 4. The SMILES string of the molecule is Cn1c(-c2ccccc2)cn2nc(-c3cccc(CO)c3)nc12. The van der Waals surface area contributed by atoms with Crippen molar-refractivity contribution in [3.05, 3.63) is 66.4 Å². The van der Waals surface area contributed by atoms with Crippen molar-refractivity contribution >= 4 is 5.78 Å². The maximum absolute atomic E-state index is 9.27. The van der Waals surface area contributed by atoms with Crippen LogP contribution < -0.4 is 0 Å². The number of hydrogen-bond acceptors (Lipinski definition) is 3. The van der Waals surface area contributed by atoms with E-state index in [2.05, 4.69) is 22.2 Å². The summed E-state index contributed by atoms with van der Waals surface area (Å²) in [5, 5.41) is 13.8. The summed E-state index contributed by atoms with van der Waals surface area (Å²) in [5.74, 6) is 1.44. The van der Waals surface area contributed by atoms with Crippen LogP contribution in [0.5, 0.6) is 0 Å². The van der Waals surface area contributed by atoms with Gasteiger partial charge in [0.2, 0.25) is 5.78 Å². The van der Waals surface area contributed by atoms with Crippen LogP contribution in [0.1, 0.15) is 5.56 Å². The van der Waals surface area contributed by atoms with Gasteiger partial charge in [-0.3, -0.25) is 0 Å². The Morgan fingerprint density at radius 2 is 1.78 bits per heavy atom. The van der Waals surface area contributed by atoms with Crippen LogP contribution >= 0.6 is 0 Å². The third-order valence-electron chi connectivity index (χ3n) is 3.96. The summed E-state index contributed by atoms with van der Waals surface area (Å²) in [6.07, 6.45) is 1.98. The van der Waals surface area contributed by atoms with Gasteiger partial charge in [-0.25, -0.2) is 4.52 Å². The van der Waals surface area contributed by atoms with E-state index in [0.717, 1.165) is 28.2 Å². The van der Waals surface area contributed by atoms with E-state index in [0.29, 0.717) is 5.82 Å². The Balaban J connectivity index is 1.81. The topological polar surface area (TPSA) is 55.4 Å². The highest BCUT2D eigenvalue weighted by Gasteiger charge is 2.13. The molecular weight excluding hydrogens is 288 g/mol. The minimum Gasteiger partial charge on any atom is -0.392 e. The minimum absolute atomic E-state index is 0.0133. The average Bonchev–Trinajstić information content (AvgIpc) is 3.15. The molecule has 0 saturated heterocycles. The Hall–Kier alpha value is -2.92. The molecule has 2 aromatic heterocycles. The lowest BCUT2D eigenvalue weighted by molar-refractivity contribution is 0.282. The van der Waals surface area contributed by atoms with Gasteiger partial charge < -0.3 is 9.67 Å². The molecule has 0 aliphatic carbocycles. The predicted molar refractivity (Wildman–Crippen MR) is 88.8 cm³/mol. The quantitative estimate of drug-likeness (QED) is 0.633. The molecule has 0 radical (unpaired) electrons. The van der Waals surface area contributed by atoms with Crippen molar-refractivity contribution < 1.29 is 5.11 Å². The molecule has 0 saturated carbocycles. The summed E-state index contributed by atoms with van der Waals surface area (Å²) in [4.78, 5) is 4.64. The third-order valence-corrected chi connectivity index (χ3v) is 3.96. The molecule has 0 unspecified atom stereocenters. The zero-order chi connectivity index (χ0) is 15.8. The smallest absolute Gasteiger partial charge is 0.233 e. The molecule has 4 aromatic rings. The molecule has 0 fully saturated rings.